The van der Waals surface area contributed by atoms with Gasteiger partial charge in [0.1, 0.15) is 11.3 Å². The van der Waals surface area contributed by atoms with Crippen molar-refractivity contribution in [3.05, 3.63) is 58.8 Å². The van der Waals surface area contributed by atoms with E-state index >= 15 is 0 Å². The Morgan fingerprint density at radius 3 is 2.52 bits per heavy atom. The fourth-order valence-corrected chi connectivity index (χ4v) is 2.43. The first-order valence-corrected chi connectivity index (χ1v) is 7.61. The number of halogens is 1. The highest BCUT2D eigenvalue weighted by molar-refractivity contribution is 9.10. The molecule has 0 bridgehead atoms. The summed E-state index contributed by atoms with van der Waals surface area (Å²) < 4.78 is 6.85. The van der Waals surface area contributed by atoms with Crippen LogP contribution in [0.3, 0.4) is 0 Å². The van der Waals surface area contributed by atoms with Gasteiger partial charge in [-0.05, 0) is 45.6 Å². The molecule has 1 aromatic carbocycles. The molecule has 0 atom stereocenters. The van der Waals surface area contributed by atoms with Crippen molar-refractivity contribution in [2.24, 2.45) is 0 Å². The van der Waals surface area contributed by atoms with E-state index in [-0.39, 0.29) is 0 Å². The summed E-state index contributed by atoms with van der Waals surface area (Å²) in [7, 11) is 0. The van der Waals surface area contributed by atoms with E-state index in [4.69, 9.17) is 4.74 Å². The lowest BCUT2D eigenvalue weighted by Crippen LogP contribution is -1.91. The first kappa shape index (κ1) is 14.0. The van der Waals surface area contributed by atoms with Gasteiger partial charge in [-0.15, -0.1) is 0 Å². The molecule has 0 aliphatic rings. The van der Waals surface area contributed by atoms with Crippen LogP contribution in [-0.2, 0) is 0 Å². The maximum atomic E-state index is 5.95. The van der Waals surface area contributed by atoms with Gasteiger partial charge in [0.25, 0.3) is 0 Å². The third-order valence-electron chi connectivity index (χ3n) is 3.28. The highest BCUT2D eigenvalue weighted by Gasteiger charge is 2.07. The standard InChI is InChI=1S/C17H15BrN2O/c1-11(2)12-3-5-14(6-4-12)21-16-7-8-19-15-9-13(18)10-20-17(15)16/h3-11H,1-2H3. The van der Waals surface area contributed by atoms with Gasteiger partial charge in [-0.25, -0.2) is 4.98 Å². The van der Waals surface area contributed by atoms with Crippen LogP contribution in [0.1, 0.15) is 25.3 Å². The van der Waals surface area contributed by atoms with Crippen molar-refractivity contribution in [2.45, 2.75) is 19.8 Å². The van der Waals surface area contributed by atoms with Crippen LogP contribution in [0.15, 0.2) is 53.3 Å². The summed E-state index contributed by atoms with van der Waals surface area (Å²) in [5.74, 6) is 2.03. The van der Waals surface area contributed by atoms with Crippen LogP contribution in [0.2, 0.25) is 0 Å². The minimum Gasteiger partial charge on any atom is -0.455 e. The smallest absolute Gasteiger partial charge is 0.156 e. The minimum atomic E-state index is 0.514. The van der Waals surface area contributed by atoms with Gasteiger partial charge in [-0.1, -0.05) is 26.0 Å². The Kier molecular flexibility index (Phi) is 3.88. The van der Waals surface area contributed by atoms with Crippen molar-refractivity contribution >= 4 is 27.0 Å². The molecule has 0 saturated carbocycles. The number of ether oxygens (including phenoxy) is 1. The zero-order chi connectivity index (χ0) is 14.8. The van der Waals surface area contributed by atoms with Crippen LogP contribution in [0, 0.1) is 0 Å². The molecule has 4 heteroatoms. The molecule has 3 aromatic rings. The van der Waals surface area contributed by atoms with Crippen LogP contribution in [-0.4, -0.2) is 9.97 Å². The van der Waals surface area contributed by atoms with Crippen molar-refractivity contribution in [1.29, 1.82) is 0 Å². The normalized spacial score (nSPS) is 11.0. The Bertz CT molecular complexity index is 769. The fourth-order valence-electron chi connectivity index (χ4n) is 2.11. The maximum absolute atomic E-state index is 5.95. The summed E-state index contributed by atoms with van der Waals surface area (Å²) in [4.78, 5) is 8.70. The second-order valence-electron chi connectivity index (χ2n) is 5.16. The van der Waals surface area contributed by atoms with Crippen LogP contribution in [0.5, 0.6) is 11.5 Å². The second-order valence-corrected chi connectivity index (χ2v) is 6.07. The lowest BCUT2D eigenvalue weighted by Gasteiger charge is -2.10. The summed E-state index contributed by atoms with van der Waals surface area (Å²) >= 11 is 3.40. The van der Waals surface area contributed by atoms with Crippen LogP contribution in [0.4, 0.5) is 0 Å². The third kappa shape index (κ3) is 3.05. The number of benzene rings is 1. The van der Waals surface area contributed by atoms with E-state index in [0.717, 1.165) is 21.3 Å². The van der Waals surface area contributed by atoms with Gasteiger partial charge in [0.2, 0.25) is 0 Å². The highest BCUT2D eigenvalue weighted by Crippen LogP contribution is 2.29. The number of hydrogen-bond acceptors (Lipinski definition) is 3. The van der Waals surface area contributed by atoms with E-state index in [0.29, 0.717) is 11.7 Å². The second kappa shape index (κ2) is 5.82. The lowest BCUT2D eigenvalue weighted by atomic mass is 10.0. The molecule has 106 valence electrons. The summed E-state index contributed by atoms with van der Waals surface area (Å²) in [6.45, 7) is 4.35. The molecule has 0 unspecified atom stereocenters. The van der Waals surface area contributed by atoms with Gasteiger partial charge >= 0.3 is 0 Å². The first-order chi connectivity index (χ1) is 10.1. The average Bonchev–Trinajstić information content (AvgIpc) is 2.47. The minimum absolute atomic E-state index is 0.514. The molecule has 0 amide bonds. The maximum Gasteiger partial charge on any atom is 0.156 e. The van der Waals surface area contributed by atoms with Gasteiger partial charge in [0.05, 0.1) is 5.52 Å². The van der Waals surface area contributed by atoms with Gasteiger partial charge in [0, 0.05) is 22.9 Å². The monoisotopic (exact) mass is 342 g/mol. The van der Waals surface area contributed by atoms with E-state index < -0.39 is 0 Å². The molecular formula is C17H15BrN2O. The predicted molar refractivity (Wildman–Crippen MR) is 87.8 cm³/mol. The Hall–Kier alpha value is -1.94. The molecule has 0 aliphatic carbocycles. The molecule has 2 heterocycles. The zero-order valence-electron chi connectivity index (χ0n) is 11.9. The molecular weight excluding hydrogens is 328 g/mol. The summed E-state index contributed by atoms with van der Waals surface area (Å²) in [5.41, 5.74) is 2.86. The van der Waals surface area contributed by atoms with Crippen molar-refractivity contribution in [2.75, 3.05) is 0 Å². The molecule has 3 nitrogen and oxygen atoms in total. The molecule has 0 radical (unpaired) electrons. The number of rotatable bonds is 3. The Morgan fingerprint density at radius 2 is 1.81 bits per heavy atom. The quantitative estimate of drug-likeness (QED) is 0.647. The number of fused-ring (bicyclic) bond motifs is 1. The molecule has 0 saturated heterocycles. The van der Waals surface area contributed by atoms with E-state index in [2.05, 4.69) is 51.9 Å². The summed E-state index contributed by atoms with van der Waals surface area (Å²) in [6, 6.07) is 11.9. The van der Waals surface area contributed by atoms with Gasteiger partial charge in [0.15, 0.2) is 5.75 Å². The van der Waals surface area contributed by atoms with E-state index in [1.54, 1.807) is 12.4 Å². The van der Waals surface area contributed by atoms with Crippen molar-refractivity contribution < 1.29 is 4.74 Å². The van der Waals surface area contributed by atoms with Crippen LogP contribution in [0.25, 0.3) is 11.0 Å². The molecule has 0 fully saturated rings. The van der Waals surface area contributed by atoms with E-state index in [1.165, 1.54) is 5.56 Å². The van der Waals surface area contributed by atoms with E-state index in [9.17, 15) is 0 Å². The Morgan fingerprint density at radius 1 is 1.05 bits per heavy atom. The van der Waals surface area contributed by atoms with Crippen LogP contribution < -0.4 is 4.74 Å². The fraction of sp³-hybridized carbons (Fsp3) is 0.176. The molecule has 0 spiro atoms. The Balaban J connectivity index is 1.94. The SMILES string of the molecule is CC(C)c1ccc(Oc2ccnc3cc(Br)cnc23)cc1. The van der Waals surface area contributed by atoms with Crippen molar-refractivity contribution in [1.82, 2.24) is 9.97 Å². The molecule has 0 aliphatic heterocycles. The predicted octanol–water partition coefficient (Wildman–Crippen LogP) is 5.31. The number of nitrogens with zero attached hydrogens (tertiary/aromatic N) is 2. The van der Waals surface area contributed by atoms with Gasteiger partial charge in [-0.3, -0.25) is 4.98 Å². The highest BCUT2D eigenvalue weighted by atomic mass is 79.9. The Labute approximate surface area is 132 Å². The topological polar surface area (TPSA) is 35.0 Å². The lowest BCUT2D eigenvalue weighted by molar-refractivity contribution is 0.486. The average molecular weight is 343 g/mol. The molecule has 21 heavy (non-hydrogen) atoms. The van der Waals surface area contributed by atoms with Crippen LogP contribution >= 0.6 is 15.9 Å². The molecule has 3 rings (SSSR count). The third-order valence-corrected chi connectivity index (χ3v) is 3.72. The molecule has 2 aromatic heterocycles. The first-order valence-electron chi connectivity index (χ1n) is 6.81. The summed E-state index contributed by atoms with van der Waals surface area (Å²) in [5, 5.41) is 0. The zero-order valence-corrected chi connectivity index (χ0v) is 13.5. The molecule has 0 N–H and O–H groups in total. The van der Waals surface area contributed by atoms with Crippen molar-refractivity contribution in [3.63, 3.8) is 0 Å². The number of hydrogen-bond donors (Lipinski definition) is 0. The summed E-state index contributed by atoms with van der Waals surface area (Å²) in [6.07, 6.45) is 3.48. The van der Waals surface area contributed by atoms with Crippen molar-refractivity contribution in [3.8, 4) is 11.5 Å². The number of pyridine rings is 2. The van der Waals surface area contributed by atoms with E-state index in [1.807, 2.05) is 24.3 Å². The number of aromatic nitrogens is 2. The van der Waals surface area contributed by atoms with Gasteiger partial charge in [-0.2, -0.15) is 0 Å². The van der Waals surface area contributed by atoms with Gasteiger partial charge < -0.3 is 4.74 Å². The largest absolute Gasteiger partial charge is 0.455 e.